The number of benzene rings is 1. The van der Waals surface area contributed by atoms with Gasteiger partial charge in [0.2, 0.25) is 5.91 Å². The maximum atomic E-state index is 12.3. The van der Waals surface area contributed by atoms with Gasteiger partial charge in [-0.05, 0) is 18.9 Å². The fourth-order valence-corrected chi connectivity index (χ4v) is 2.71. The Morgan fingerprint density at radius 3 is 2.76 bits per heavy atom. The van der Waals surface area contributed by atoms with Gasteiger partial charge >= 0.3 is 5.97 Å². The first-order valence-electron chi connectivity index (χ1n) is 8.23. The van der Waals surface area contributed by atoms with Crippen LogP contribution in [0.15, 0.2) is 53.1 Å². The van der Waals surface area contributed by atoms with Crippen LogP contribution in [0.5, 0.6) is 0 Å². The minimum atomic E-state index is -0.467. The Kier molecular flexibility index (Phi) is 5.18. The number of fused-ring (bicyclic) bond motifs is 1. The van der Waals surface area contributed by atoms with Crippen molar-refractivity contribution in [2.75, 3.05) is 13.2 Å². The number of hydrogen-bond donors (Lipinski definition) is 1. The summed E-state index contributed by atoms with van der Waals surface area (Å²) in [5, 5.41) is 2.88. The number of carbonyl (C=O) groups excluding carboxylic acids is 2. The van der Waals surface area contributed by atoms with Crippen molar-refractivity contribution < 1.29 is 18.7 Å². The van der Waals surface area contributed by atoms with E-state index in [1.807, 2.05) is 30.3 Å². The second-order valence-corrected chi connectivity index (χ2v) is 5.59. The van der Waals surface area contributed by atoms with Crippen LogP contribution in [0.25, 0.3) is 11.1 Å². The van der Waals surface area contributed by atoms with E-state index in [-0.39, 0.29) is 19.1 Å². The van der Waals surface area contributed by atoms with Gasteiger partial charge in [-0.1, -0.05) is 30.3 Å². The maximum Gasteiger partial charge on any atom is 0.355 e. The van der Waals surface area contributed by atoms with Crippen LogP contribution in [0.4, 0.5) is 0 Å². The normalized spacial score (nSPS) is 10.8. The molecule has 0 saturated heterocycles. The van der Waals surface area contributed by atoms with Gasteiger partial charge in [0, 0.05) is 18.7 Å². The molecule has 0 aliphatic heterocycles. The van der Waals surface area contributed by atoms with Crippen LogP contribution in [0.1, 0.15) is 23.0 Å². The van der Waals surface area contributed by atoms with E-state index in [1.54, 1.807) is 23.6 Å². The third kappa shape index (κ3) is 3.91. The Hall–Kier alpha value is -3.02. The lowest BCUT2D eigenvalue weighted by Crippen LogP contribution is -2.30. The molecule has 0 radical (unpaired) electrons. The number of ether oxygens (including phenoxy) is 1. The second kappa shape index (κ2) is 7.70. The predicted molar refractivity (Wildman–Crippen MR) is 93.3 cm³/mol. The summed E-state index contributed by atoms with van der Waals surface area (Å²) < 4.78 is 12.0. The van der Waals surface area contributed by atoms with Gasteiger partial charge in [0.1, 0.15) is 12.2 Å². The van der Waals surface area contributed by atoms with Gasteiger partial charge < -0.3 is 19.0 Å². The van der Waals surface area contributed by atoms with E-state index in [4.69, 9.17) is 9.15 Å². The number of hydrogen-bond acceptors (Lipinski definition) is 4. The first-order chi connectivity index (χ1) is 12.2. The van der Waals surface area contributed by atoms with Gasteiger partial charge in [-0.3, -0.25) is 4.79 Å². The summed E-state index contributed by atoms with van der Waals surface area (Å²) in [6.07, 6.45) is 2.29. The highest BCUT2D eigenvalue weighted by Crippen LogP contribution is 2.21. The van der Waals surface area contributed by atoms with Crippen molar-refractivity contribution >= 4 is 23.0 Å². The molecule has 0 aliphatic carbocycles. The SMILES string of the molecule is CCOC(=O)c1cc2occc2n1CC(=O)NCCc1ccccc1. The molecular formula is C19H20N2O4. The monoisotopic (exact) mass is 340 g/mol. The van der Waals surface area contributed by atoms with E-state index in [2.05, 4.69) is 5.32 Å². The molecule has 25 heavy (non-hydrogen) atoms. The van der Waals surface area contributed by atoms with Crippen LogP contribution in [0.3, 0.4) is 0 Å². The van der Waals surface area contributed by atoms with Crippen molar-refractivity contribution in [2.24, 2.45) is 0 Å². The van der Waals surface area contributed by atoms with Crippen LogP contribution in [0, 0.1) is 0 Å². The molecule has 2 heterocycles. The van der Waals surface area contributed by atoms with Crippen LogP contribution in [-0.2, 0) is 22.5 Å². The molecular weight excluding hydrogens is 320 g/mol. The average Bonchev–Trinajstić information content (AvgIpc) is 3.19. The lowest BCUT2D eigenvalue weighted by molar-refractivity contribution is -0.121. The second-order valence-electron chi connectivity index (χ2n) is 5.59. The van der Waals surface area contributed by atoms with Gasteiger partial charge in [-0.15, -0.1) is 0 Å². The fourth-order valence-electron chi connectivity index (χ4n) is 2.71. The van der Waals surface area contributed by atoms with Gasteiger partial charge in [0.05, 0.1) is 18.4 Å². The van der Waals surface area contributed by atoms with Crippen LogP contribution >= 0.6 is 0 Å². The standard InChI is InChI=1S/C19H20N2O4/c1-2-24-19(23)16-12-17-15(9-11-25-17)21(16)13-18(22)20-10-8-14-6-4-3-5-7-14/h3-7,9,11-12H,2,8,10,13H2,1H3,(H,20,22). The minimum Gasteiger partial charge on any atom is -0.463 e. The fraction of sp³-hybridized carbons (Fsp3) is 0.263. The van der Waals surface area contributed by atoms with E-state index < -0.39 is 5.97 Å². The molecule has 6 nitrogen and oxygen atoms in total. The van der Waals surface area contributed by atoms with E-state index in [0.29, 0.717) is 23.3 Å². The summed E-state index contributed by atoms with van der Waals surface area (Å²) in [6.45, 7) is 2.58. The van der Waals surface area contributed by atoms with Crippen molar-refractivity contribution in [1.82, 2.24) is 9.88 Å². The van der Waals surface area contributed by atoms with E-state index in [9.17, 15) is 9.59 Å². The molecule has 130 valence electrons. The molecule has 2 aromatic heterocycles. The first-order valence-corrected chi connectivity index (χ1v) is 8.23. The van der Waals surface area contributed by atoms with E-state index in [1.165, 1.54) is 6.26 Å². The minimum absolute atomic E-state index is 0.0337. The molecule has 6 heteroatoms. The van der Waals surface area contributed by atoms with Crippen LogP contribution in [-0.4, -0.2) is 29.6 Å². The Labute approximate surface area is 145 Å². The lowest BCUT2D eigenvalue weighted by atomic mass is 10.1. The number of furan rings is 1. The Morgan fingerprint density at radius 2 is 2.00 bits per heavy atom. The highest BCUT2D eigenvalue weighted by Gasteiger charge is 2.20. The van der Waals surface area contributed by atoms with Crippen molar-refractivity contribution in [1.29, 1.82) is 0 Å². The number of amides is 1. The molecule has 0 aliphatic rings. The van der Waals surface area contributed by atoms with Crippen LogP contribution in [0.2, 0.25) is 0 Å². The molecule has 1 aromatic carbocycles. The van der Waals surface area contributed by atoms with Gasteiger partial charge in [-0.25, -0.2) is 4.79 Å². The summed E-state index contributed by atoms with van der Waals surface area (Å²) >= 11 is 0. The highest BCUT2D eigenvalue weighted by molar-refractivity contribution is 5.95. The highest BCUT2D eigenvalue weighted by atomic mass is 16.5. The zero-order valence-corrected chi connectivity index (χ0v) is 14.0. The molecule has 0 saturated carbocycles. The van der Waals surface area contributed by atoms with Crippen LogP contribution < -0.4 is 5.32 Å². The Balaban J connectivity index is 1.66. The molecule has 0 unspecified atom stereocenters. The molecule has 1 N–H and O–H groups in total. The number of rotatable bonds is 7. The molecule has 0 spiro atoms. The Morgan fingerprint density at radius 1 is 1.20 bits per heavy atom. The first kappa shape index (κ1) is 16.8. The van der Waals surface area contributed by atoms with Crippen molar-refractivity contribution in [3.63, 3.8) is 0 Å². The topological polar surface area (TPSA) is 73.5 Å². The maximum absolute atomic E-state index is 12.3. The molecule has 0 bridgehead atoms. The number of esters is 1. The summed E-state index contributed by atoms with van der Waals surface area (Å²) in [6, 6.07) is 13.3. The molecule has 3 rings (SSSR count). The lowest BCUT2D eigenvalue weighted by Gasteiger charge is -2.10. The molecule has 3 aromatic rings. The van der Waals surface area contributed by atoms with Crippen molar-refractivity contribution in [3.8, 4) is 0 Å². The van der Waals surface area contributed by atoms with Gasteiger partial charge in [0.25, 0.3) is 0 Å². The number of aromatic nitrogens is 1. The van der Waals surface area contributed by atoms with Crippen molar-refractivity contribution in [3.05, 3.63) is 60.0 Å². The Bertz CT molecular complexity index is 864. The molecule has 0 atom stereocenters. The zero-order valence-electron chi connectivity index (χ0n) is 14.0. The smallest absolute Gasteiger partial charge is 0.355 e. The largest absolute Gasteiger partial charge is 0.463 e. The number of nitrogens with zero attached hydrogens (tertiary/aromatic N) is 1. The molecule has 0 fully saturated rings. The third-order valence-electron chi connectivity index (χ3n) is 3.89. The summed E-state index contributed by atoms with van der Waals surface area (Å²) in [7, 11) is 0. The summed E-state index contributed by atoms with van der Waals surface area (Å²) in [5.41, 5.74) is 2.73. The quantitative estimate of drug-likeness (QED) is 0.671. The summed E-state index contributed by atoms with van der Waals surface area (Å²) in [5.74, 6) is -0.633. The number of nitrogens with one attached hydrogen (secondary N) is 1. The molecule has 1 amide bonds. The third-order valence-corrected chi connectivity index (χ3v) is 3.89. The van der Waals surface area contributed by atoms with Crippen molar-refractivity contribution in [2.45, 2.75) is 19.9 Å². The van der Waals surface area contributed by atoms with Gasteiger partial charge in [0.15, 0.2) is 5.58 Å². The van der Waals surface area contributed by atoms with E-state index in [0.717, 1.165) is 12.0 Å². The average molecular weight is 340 g/mol. The number of carbonyl (C=O) groups is 2. The van der Waals surface area contributed by atoms with Gasteiger partial charge in [-0.2, -0.15) is 0 Å². The predicted octanol–water partition coefficient (Wildman–Crippen LogP) is 2.77. The van der Waals surface area contributed by atoms with E-state index >= 15 is 0 Å². The summed E-state index contributed by atoms with van der Waals surface area (Å²) in [4.78, 5) is 24.4. The zero-order chi connectivity index (χ0) is 17.6.